The quantitative estimate of drug-likeness (QED) is 0.176. The van der Waals surface area contributed by atoms with Crippen LogP contribution in [-0.2, 0) is 4.74 Å². The lowest BCUT2D eigenvalue weighted by Crippen LogP contribution is -2.46. The zero-order valence-electron chi connectivity index (χ0n) is 24.2. The smallest absolute Gasteiger partial charge is 0.429 e. The van der Waals surface area contributed by atoms with E-state index in [9.17, 15) is 14.9 Å². The van der Waals surface area contributed by atoms with Crippen molar-refractivity contribution in [3.63, 3.8) is 0 Å². The topological polar surface area (TPSA) is 179 Å². The first-order chi connectivity index (χ1) is 20.0. The van der Waals surface area contributed by atoms with Crippen LogP contribution in [0, 0.1) is 11.3 Å². The largest absolute Gasteiger partial charge is 0.442 e. The van der Waals surface area contributed by atoms with Gasteiger partial charge in [-0.05, 0) is 69.8 Å². The van der Waals surface area contributed by atoms with Gasteiger partial charge < -0.3 is 30.9 Å². The van der Waals surface area contributed by atoms with Crippen molar-refractivity contribution in [3.05, 3.63) is 59.8 Å². The van der Waals surface area contributed by atoms with Crippen LogP contribution in [0.2, 0.25) is 0 Å². The van der Waals surface area contributed by atoms with Gasteiger partial charge >= 0.3 is 6.09 Å². The van der Waals surface area contributed by atoms with Crippen molar-refractivity contribution < 1.29 is 14.3 Å². The number of nitrogens with two attached hydrogens (primary N) is 2. The minimum Gasteiger partial charge on any atom is -0.442 e. The molecule has 13 heteroatoms. The van der Waals surface area contributed by atoms with Crippen LogP contribution in [0.4, 0.5) is 39.3 Å². The van der Waals surface area contributed by atoms with Crippen molar-refractivity contribution >= 4 is 46.5 Å². The summed E-state index contributed by atoms with van der Waals surface area (Å²) in [4.78, 5) is 37.7. The zero-order chi connectivity index (χ0) is 30.4. The molecule has 0 radical (unpaired) electrons. The molecule has 0 atom stereocenters. The van der Waals surface area contributed by atoms with Gasteiger partial charge in [0.15, 0.2) is 5.82 Å². The monoisotopic (exact) mass is 572 g/mol. The number of hydrazine groups is 1. The fourth-order valence-corrected chi connectivity index (χ4v) is 4.35. The SMILES string of the molecule is CCN1CCN(c2ccc(Nc3ncc(C#N)c(Nc4ccc(C(N)=O)cc4)n3)c(N(N)C(=O)OC(C)(C)C)c2)CC1. The van der Waals surface area contributed by atoms with E-state index in [0.717, 1.165) is 43.4 Å². The number of carbonyl (C=O) groups excluding carboxylic acids is 2. The number of nitrogens with one attached hydrogen (secondary N) is 2. The number of likely N-dealkylation sites (N-methyl/N-ethyl adjacent to an activating group) is 1. The lowest BCUT2D eigenvalue weighted by molar-refractivity contribution is 0.0580. The van der Waals surface area contributed by atoms with Crippen molar-refractivity contribution in [1.29, 1.82) is 5.26 Å². The minimum atomic E-state index is -0.747. The highest BCUT2D eigenvalue weighted by Crippen LogP contribution is 2.33. The fourth-order valence-electron chi connectivity index (χ4n) is 4.35. The van der Waals surface area contributed by atoms with E-state index in [4.69, 9.17) is 16.3 Å². The van der Waals surface area contributed by atoms with E-state index in [1.165, 1.54) is 6.20 Å². The molecule has 0 aliphatic carbocycles. The number of hydrogen-bond acceptors (Lipinski definition) is 11. The summed E-state index contributed by atoms with van der Waals surface area (Å²) in [5.74, 6) is 6.17. The maximum atomic E-state index is 13.0. The molecule has 1 aliphatic rings. The van der Waals surface area contributed by atoms with Crippen LogP contribution < -0.4 is 32.1 Å². The number of nitrogens with zero attached hydrogens (tertiary/aromatic N) is 6. The first kappa shape index (κ1) is 30.0. The van der Waals surface area contributed by atoms with Gasteiger partial charge in [0.05, 0.1) is 17.6 Å². The van der Waals surface area contributed by atoms with E-state index in [1.54, 1.807) is 51.1 Å². The average molecular weight is 573 g/mol. The van der Waals surface area contributed by atoms with Crippen LogP contribution in [0.3, 0.4) is 0 Å². The number of ether oxygens (including phenoxy) is 1. The van der Waals surface area contributed by atoms with E-state index in [1.807, 2.05) is 12.1 Å². The number of anilines is 6. The minimum absolute atomic E-state index is 0.161. The van der Waals surface area contributed by atoms with Crippen molar-refractivity contribution in [1.82, 2.24) is 14.9 Å². The van der Waals surface area contributed by atoms with Gasteiger partial charge in [0, 0.05) is 43.1 Å². The summed E-state index contributed by atoms with van der Waals surface area (Å²) < 4.78 is 5.52. The molecule has 0 bridgehead atoms. The zero-order valence-corrected chi connectivity index (χ0v) is 24.2. The molecule has 1 aromatic heterocycles. The number of primary amides is 1. The summed E-state index contributed by atoms with van der Waals surface area (Å²) in [5.41, 5.74) is 7.46. The third-order valence-electron chi connectivity index (χ3n) is 6.60. The molecule has 2 aromatic carbocycles. The van der Waals surface area contributed by atoms with Gasteiger partial charge in [0.25, 0.3) is 0 Å². The first-order valence-corrected chi connectivity index (χ1v) is 13.6. The molecule has 2 amide bonds. The maximum absolute atomic E-state index is 13.0. The molecule has 42 heavy (non-hydrogen) atoms. The fraction of sp³-hybridized carbons (Fsp3) is 0.345. The van der Waals surface area contributed by atoms with Crippen molar-refractivity contribution in [2.24, 2.45) is 11.6 Å². The summed E-state index contributed by atoms with van der Waals surface area (Å²) in [7, 11) is 0. The predicted molar refractivity (Wildman–Crippen MR) is 162 cm³/mol. The van der Waals surface area contributed by atoms with E-state index >= 15 is 0 Å². The molecule has 0 saturated carbocycles. The third kappa shape index (κ3) is 7.42. The molecular weight excluding hydrogens is 536 g/mol. The molecule has 1 aliphatic heterocycles. The van der Waals surface area contributed by atoms with Gasteiger partial charge in [-0.15, -0.1) is 0 Å². The first-order valence-electron chi connectivity index (χ1n) is 13.6. The number of hydrogen-bond donors (Lipinski definition) is 4. The molecule has 3 aromatic rings. The molecule has 220 valence electrons. The number of piperazine rings is 1. The van der Waals surface area contributed by atoms with Crippen LogP contribution in [0.1, 0.15) is 43.6 Å². The summed E-state index contributed by atoms with van der Waals surface area (Å²) in [5, 5.41) is 16.8. The maximum Gasteiger partial charge on any atom is 0.429 e. The summed E-state index contributed by atoms with van der Waals surface area (Å²) >= 11 is 0. The number of aromatic nitrogens is 2. The number of rotatable bonds is 8. The highest BCUT2D eigenvalue weighted by Gasteiger charge is 2.25. The molecule has 0 unspecified atom stereocenters. The molecule has 0 spiro atoms. The van der Waals surface area contributed by atoms with Gasteiger partial charge in [-0.3, -0.25) is 4.79 Å². The van der Waals surface area contributed by atoms with Crippen LogP contribution in [0.15, 0.2) is 48.7 Å². The standard InChI is InChI=1S/C29H36N10O3/c1-5-37-12-14-38(15-13-37)22-10-11-23(24(16-22)39(32)28(41)42-29(2,3)4)35-27-33-18-20(17-30)26(36-27)34-21-8-6-19(7-9-21)25(31)40/h6-11,16,18H,5,12-15,32H2,1-4H3,(H2,31,40)(H2,33,34,35,36). The Labute approximate surface area is 245 Å². The predicted octanol–water partition coefficient (Wildman–Crippen LogP) is 3.69. The second kappa shape index (κ2) is 12.7. The van der Waals surface area contributed by atoms with Crippen LogP contribution in [-0.4, -0.2) is 65.2 Å². The Kier molecular flexibility index (Phi) is 9.09. The lowest BCUT2D eigenvalue weighted by atomic mass is 10.2. The molecular formula is C29H36N10O3. The van der Waals surface area contributed by atoms with E-state index < -0.39 is 17.6 Å². The van der Waals surface area contributed by atoms with Gasteiger partial charge in [0.2, 0.25) is 11.9 Å². The van der Waals surface area contributed by atoms with Crippen LogP contribution in [0.5, 0.6) is 0 Å². The van der Waals surface area contributed by atoms with Crippen molar-refractivity contribution in [3.8, 4) is 6.07 Å². The highest BCUT2D eigenvalue weighted by atomic mass is 16.6. The number of nitriles is 1. The van der Waals surface area contributed by atoms with Gasteiger partial charge in [-0.1, -0.05) is 6.92 Å². The Hall–Kier alpha value is -4.93. The van der Waals surface area contributed by atoms with Gasteiger partial charge in [0.1, 0.15) is 17.2 Å². The Bertz CT molecular complexity index is 1470. The Morgan fingerprint density at radius 1 is 1.10 bits per heavy atom. The second-order valence-electron chi connectivity index (χ2n) is 10.7. The number of amides is 2. The van der Waals surface area contributed by atoms with Crippen LogP contribution in [0.25, 0.3) is 0 Å². The molecule has 1 fully saturated rings. The average Bonchev–Trinajstić information content (AvgIpc) is 2.96. The number of carbonyl (C=O) groups is 2. The number of benzene rings is 2. The molecule has 6 N–H and O–H groups in total. The Morgan fingerprint density at radius 3 is 2.38 bits per heavy atom. The van der Waals surface area contributed by atoms with E-state index in [0.29, 0.717) is 22.6 Å². The second-order valence-corrected chi connectivity index (χ2v) is 10.7. The van der Waals surface area contributed by atoms with E-state index in [-0.39, 0.29) is 17.3 Å². The van der Waals surface area contributed by atoms with E-state index in [2.05, 4.69) is 43.4 Å². The van der Waals surface area contributed by atoms with Crippen molar-refractivity contribution in [2.75, 3.05) is 53.3 Å². The lowest BCUT2D eigenvalue weighted by Gasteiger charge is -2.36. The van der Waals surface area contributed by atoms with Crippen molar-refractivity contribution in [2.45, 2.75) is 33.3 Å². The summed E-state index contributed by atoms with van der Waals surface area (Å²) in [6.45, 7) is 12.0. The van der Waals surface area contributed by atoms with Gasteiger partial charge in [-0.2, -0.15) is 10.2 Å². The third-order valence-corrected chi connectivity index (χ3v) is 6.60. The normalized spacial score (nSPS) is 13.7. The highest BCUT2D eigenvalue weighted by molar-refractivity contribution is 5.94. The molecule has 13 nitrogen and oxygen atoms in total. The Balaban J connectivity index is 1.64. The molecule has 1 saturated heterocycles. The summed E-state index contributed by atoms with van der Waals surface area (Å²) in [6.07, 6.45) is 0.658. The van der Waals surface area contributed by atoms with Gasteiger partial charge in [-0.25, -0.2) is 20.6 Å². The Morgan fingerprint density at radius 2 is 1.79 bits per heavy atom. The molecule has 2 heterocycles. The van der Waals surface area contributed by atoms with Crippen LogP contribution >= 0.6 is 0 Å². The molecule has 4 rings (SSSR count). The summed E-state index contributed by atoms with van der Waals surface area (Å²) in [6, 6.07) is 14.1.